The lowest BCUT2D eigenvalue weighted by molar-refractivity contribution is -0.192. The summed E-state index contributed by atoms with van der Waals surface area (Å²) < 4.78 is 131. The highest BCUT2D eigenvalue weighted by molar-refractivity contribution is 7.35. The van der Waals surface area contributed by atoms with Crippen LogP contribution in [0, 0.1) is 6.92 Å². The molecule has 2 aromatic heterocycles. The number of halogens is 9. The van der Waals surface area contributed by atoms with Gasteiger partial charge in [-0.25, -0.2) is 9.78 Å². The summed E-state index contributed by atoms with van der Waals surface area (Å²) in [6, 6.07) is 12.0. The molecule has 2 fully saturated rings. The van der Waals surface area contributed by atoms with E-state index < -0.39 is 56.8 Å². The molecule has 0 amide bonds. The normalized spacial score (nSPS) is 16.3. The molecular weight excluding hydrogens is 798 g/mol. The minimum atomic E-state index is -5.08. The molecule has 0 unspecified atom stereocenters. The Morgan fingerprint density at radius 2 is 1.56 bits per heavy atom. The molecule has 6 rings (SSSR count). The number of fused-ring (bicyclic) bond motifs is 1. The number of carboxylic acid groups (broad SMARTS) is 1. The van der Waals surface area contributed by atoms with Crippen molar-refractivity contribution in [3.8, 4) is 5.88 Å². The van der Waals surface area contributed by atoms with E-state index in [1.165, 1.54) is 12.1 Å². The van der Waals surface area contributed by atoms with Gasteiger partial charge in [0, 0.05) is 51.5 Å². The van der Waals surface area contributed by atoms with Gasteiger partial charge in [-0.15, -0.1) is 0 Å². The van der Waals surface area contributed by atoms with E-state index in [-0.39, 0.29) is 22.6 Å². The monoisotopic (exact) mass is 834 g/mol. The van der Waals surface area contributed by atoms with Crippen molar-refractivity contribution in [3.05, 3.63) is 59.8 Å². The smallest absolute Gasteiger partial charge is 0.475 e. The van der Waals surface area contributed by atoms with Crippen molar-refractivity contribution in [1.82, 2.24) is 24.8 Å². The maximum atomic E-state index is 14.1. The van der Waals surface area contributed by atoms with Gasteiger partial charge in [0.2, 0.25) is 11.8 Å². The fourth-order valence-electron chi connectivity index (χ4n) is 6.33. The first-order chi connectivity index (χ1) is 26.7. The Morgan fingerprint density at radius 1 is 0.912 bits per heavy atom. The van der Waals surface area contributed by atoms with Crippen molar-refractivity contribution < 1.29 is 58.7 Å². The van der Waals surface area contributed by atoms with Crippen LogP contribution in [-0.4, -0.2) is 107 Å². The number of benzene rings is 2. The first-order valence-electron chi connectivity index (χ1n) is 17.3. The molecule has 4 heterocycles. The molecule has 3 N–H and O–H groups in total. The number of nitrogens with zero attached hydrogens (tertiary/aromatic N) is 6. The van der Waals surface area contributed by atoms with Crippen LogP contribution in [0.1, 0.15) is 24.0 Å². The maximum Gasteiger partial charge on any atom is 0.490 e. The number of piperazine rings is 1. The van der Waals surface area contributed by atoms with E-state index in [9.17, 15) is 44.1 Å². The minimum absolute atomic E-state index is 0.0574. The van der Waals surface area contributed by atoms with Crippen LogP contribution < -0.4 is 25.6 Å². The van der Waals surface area contributed by atoms with Gasteiger partial charge >= 0.3 is 24.5 Å². The number of hydrogen-bond donors (Lipinski definition) is 3. The van der Waals surface area contributed by atoms with Gasteiger partial charge in [0.15, 0.2) is 15.1 Å². The largest absolute Gasteiger partial charge is 0.490 e. The molecule has 308 valence electrons. The first-order valence-corrected chi connectivity index (χ1v) is 18.1. The van der Waals surface area contributed by atoms with Gasteiger partial charge in [-0.1, -0.05) is 30.3 Å². The van der Waals surface area contributed by atoms with Gasteiger partial charge in [-0.3, -0.25) is 9.46 Å². The summed E-state index contributed by atoms with van der Waals surface area (Å²) in [5.41, 5.74) is -0.533. The van der Waals surface area contributed by atoms with E-state index in [1.54, 1.807) is 37.3 Å². The summed E-state index contributed by atoms with van der Waals surface area (Å²) in [5, 5.41) is 14.0. The van der Waals surface area contributed by atoms with E-state index in [0.717, 1.165) is 44.4 Å². The van der Waals surface area contributed by atoms with Crippen molar-refractivity contribution in [1.29, 1.82) is 0 Å². The third kappa shape index (κ3) is 11.3. The molecule has 2 aromatic carbocycles. The first kappa shape index (κ1) is 43.1. The molecule has 0 bridgehead atoms. The topological polar surface area (TPSA) is 136 Å². The summed E-state index contributed by atoms with van der Waals surface area (Å²) in [7, 11) is 1.66. The van der Waals surface area contributed by atoms with E-state index >= 15 is 0 Å². The number of nitrogens with one attached hydrogen (secondary N) is 2. The molecule has 2 aliphatic rings. The molecule has 12 nitrogen and oxygen atoms in total. The Labute approximate surface area is 321 Å². The highest BCUT2D eigenvalue weighted by Crippen LogP contribution is 2.38. The van der Waals surface area contributed by atoms with Crippen molar-refractivity contribution in [2.75, 3.05) is 68.5 Å². The number of likely N-dealkylation sites (N-methyl/N-ethyl adjacent to an activating group) is 1. The van der Waals surface area contributed by atoms with Crippen molar-refractivity contribution >= 4 is 59.5 Å². The van der Waals surface area contributed by atoms with Gasteiger partial charge in [0.25, 0.3) is 0 Å². The summed E-state index contributed by atoms with van der Waals surface area (Å²) in [5.74, 6) is -3.71. The van der Waals surface area contributed by atoms with Gasteiger partial charge in [-0.2, -0.15) is 49.5 Å². The fourth-order valence-corrected chi connectivity index (χ4v) is 6.87. The van der Waals surface area contributed by atoms with Gasteiger partial charge in [-0.05, 0) is 55.3 Å². The SMILES string of the molecule is Cc1cc(Nc2ncc(C(F)(F)F)c(Nc3ccc4ccccc4c3P=O)n2)c(OCC(F)(F)F)nc1N1CCC(N2CCN(C)CC2)CC1.O=C(O)C(F)(F)F. The number of carboxylic acids is 1. The zero-order valence-electron chi connectivity index (χ0n) is 30.3. The van der Waals surface area contributed by atoms with E-state index in [0.29, 0.717) is 42.1 Å². The highest BCUT2D eigenvalue weighted by Gasteiger charge is 2.38. The molecule has 0 saturated carbocycles. The predicted octanol–water partition coefficient (Wildman–Crippen LogP) is 7.55. The molecule has 0 aliphatic carbocycles. The van der Waals surface area contributed by atoms with E-state index in [4.69, 9.17) is 14.6 Å². The van der Waals surface area contributed by atoms with Crippen molar-refractivity contribution in [2.24, 2.45) is 0 Å². The van der Waals surface area contributed by atoms with Crippen LogP contribution in [0.15, 0.2) is 48.7 Å². The average molecular weight is 835 g/mol. The number of rotatable bonds is 9. The molecule has 2 saturated heterocycles. The summed E-state index contributed by atoms with van der Waals surface area (Å²) in [6.07, 6.45) is -12.3. The third-order valence-electron chi connectivity index (χ3n) is 9.17. The summed E-state index contributed by atoms with van der Waals surface area (Å²) in [6.45, 7) is 5.37. The Bertz CT molecular complexity index is 2050. The third-order valence-corrected chi connectivity index (χ3v) is 9.83. The van der Waals surface area contributed by atoms with Crippen LogP contribution in [-0.2, 0) is 15.5 Å². The Balaban J connectivity index is 0.000000811. The van der Waals surface area contributed by atoms with Gasteiger partial charge in [0.05, 0.1) is 11.0 Å². The van der Waals surface area contributed by atoms with Crippen molar-refractivity contribution in [3.63, 3.8) is 0 Å². The zero-order valence-corrected chi connectivity index (χ0v) is 31.2. The molecule has 57 heavy (non-hydrogen) atoms. The number of piperidine rings is 1. The number of pyridine rings is 1. The quantitative estimate of drug-likeness (QED) is 0.114. The molecule has 22 heteroatoms. The fraction of sp³-hybridized carbons (Fsp3) is 0.429. The van der Waals surface area contributed by atoms with E-state index in [2.05, 4.69) is 42.4 Å². The molecular formula is C35H36F9N8O4P. The van der Waals surface area contributed by atoms with Crippen LogP contribution in [0.5, 0.6) is 5.88 Å². The molecule has 4 aromatic rings. The molecule has 0 radical (unpaired) electrons. The number of aromatic nitrogens is 3. The summed E-state index contributed by atoms with van der Waals surface area (Å²) >= 11 is 0. The van der Waals surface area contributed by atoms with E-state index in [1.807, 2.05) is 4.90 Å². The number of alkyl halides is 9. The Hall–Kier alpha value is -5.01. The lowest BCUT2D eigenvalue weighted by Gasteiger charge is -2.42. The number of aryl methyl sites for hydroxylation is 1. The van der Waals surface area contributed by atoms with Crippen LogP contribution in [0.25, 0.3) is 10.8 Å². The number of anilines is 5. The maximum absolute atomic E-state index is 14.1. The Morgan fingerprint density at radius 3 is 2.16 bits per heavy atom. The summed E-state index contributed by atoms with van der Waals surface area (Å²) in [4.78, 5) is 28.0. The number of hydrogen-bond acceptors (Lipinski definition) is 11. The second-order valence-electron chi connectivity index (χ2n) is 13.2. The van der Waals surface area contributed by atoms with Crippen LogP contribution >= 0.6 is 8.46 Å². The van der Waals surface area contributed by atoms with Crippen LogP contribution in [0.2, 0.25) is 0 Å². The molecule has 0 spiro atoms. The van der Waals surface area contributed by atoms with Crippen molar-refractivity contribution in [2.45, 2.75) is 44.3 Å². The predicted molar refractivity (Wildman–Crippen MR) is 193 cm³/mol. The lowest BCUT2D eigenvalue weighted by Crippen LogP contribution is -2.52. The minimum Gasteiger partial charge on any atom is -0.475 e. The average Bonchev–Trinajstić information content (AvgIpc) is 3.14. The zero-order chi connectivity index (χ0) is 41.7. The van der Waals surface area contributed by atoms with Gasteiger partial charge < -0.3 is 30.3 Å². The van der Waals surface area contributed by atoms with Crippen LogP contribution in [0.4, 0.5) is 68.5 Å². The number of aliphatic carboxylic acids is 1. The molecule has 2 aliphatic heterocycles. The second-order valence-corrected chi connectivity index (χ2v) is 13.9. The standard InChI is InChI=1S/C33H35F6N8O2P.C2HF3O2/c1-20-17-26(30(49-19-32(34,35)36)44-29(20)47-11-9-22(10-12-47)46-15-13-45(2)14-16-46)42-31-40-18-24(33(37,38)39)28(43-31)41-25-8-7-21-5-3-4-6-23(21)27(25)50-48;3-2(4,5)1(6)7/h3-8,17-18,22H,9-16,19H2,1-2H3,(H2,40,41,42,43);(H,6,7). The molecule has 0 atom stereocenters. The number of carbonyl (C=O) groups is 1. The lowest BCUT2D eigenvalue weighted by atomic mass is 10.0. The number of ether oxygens (including phenoxy) is 1. The van der Waals surface area contributed by atoms with Gasteiger partial charge in [0.1, 0.15) is 22.9 Å². The second kappa shape index (κ2) is 17.6. The Kier molecular flexibility index (Phi) is 13.3. The van der Waals surface area contributed by atoms with Crippen LogP contribution in [0.3, 0.4) is 0 Å². The highest BCUT2D eigenvalue weighted by atomic mass is 31.1.